The second kappa shape index (κ2) is 6.02. The van der Waals surface area contributed by atoms with E-state index in [9.17, 15) is 4.79 Å². The Hall–Kier alpha value is -2.62. The van der Waals surface area contributed by atoms with Crippen LogP contribution in [0.3, 0.4) is 0 Å². The highest BCUT2D eigenvalue weighted by molar-refractivity contribution is 5.91. The number of carbonyl (C=O) groups excluding carboxylic acids is 1. The van der Waals surface area contributed by atoms with Gasteiger partial charge in [0, 0.05) is 5.69 Å². The van der Waals surface area contributed by atoms with Crippen LogP contribution in [0.4, 0.5) is 5.69 Å². The summed E-state index contributed by atoms with van der Waals surface area (Å²) in [7, 11) is 0. The molecule has 0 aliphatic carbocycles. The van der Waals surface area contributed by atoms with Gasteiger partial charge in [0.25, 0.3) is 0 Å². The molecule has 4 heteroatoms. The molecule has 0 unspecified atom stereocenters. The molecule has 1 amide bonds. The van der Waals surface area contributed by atoms with Crippen LogP contribution in [-0.2, 0) is 11.3 Å². The number of hydrogen-bond donors (Lipinski definition) is 1. The van der Waals surface area contributed by atoms with Gasteiger partial charge in [-0.25, -0.2) is 4.98 Å². The topological polar surface area (TPSA) is 46.9 Å². The predicted octanol–water partition coefficient (Wildman–Crippen LogP) is 3.80. The molecule has 0 saturated heterocycles. The Balaban J connectivity index is 1.69. The fraction of sp³-hybridized carbons (Fsp3) is 0.222. The summed E-state index contributed by atoms with van der Waals surface area (Å²) >= 11 is 0. The number of rotatable bonds is 4. The molecule has 0 aliphatic heterocycles. The number of carbonyl (C=O) groups is 1. The van der Waals surface area contributed by atoms with Gasteiger partial charge in [-0.2, -0.15) is 0 Å². The molecule has 0 saturated carbocycles. The summed E-state index contributed by atoms with van der Waals surface area (Å²) in [6.45, 7) is 4.56. The number of fused-ring (bicyclic) bond motifs is 1. The van der Waals surface area contributed by atoms with E-state index in [1.807, 2.05) is 53.1 Å². The molecule has 0 bridgehead atoms. The Morgan fingerprint density at radius 2 is 1.86 bits per heavy atom. The monoisotopic (exact) mass is 293 g/mol. The number of nitrogens with one attached hydrogen (secondary N) is 1. The van der Waals surface area contributed by atoms with Crippen LogP contribution >= 0.6 is 0 Å². The van der Waals surface area contributed by atoms with E-state index in [2.05, 4.69) is 24.1 Å². The van der Waals surface area contributed by atoms with Crippen LogP contribution in [0, 0.1) is 0 Å². The Kier molecular flexibility index (Phi) is 3.92. The quantitative estimate of drug-likeness (QED) is 0.795. The summed E-state index contributed by atoms with van der Waals surface area (Å²) in [6, 6.07) is 15.8. The van der Waals surface area contributed by atoms with Gasteiger partial charge in [-0.05, 0) is 35.7 Å². The summed E-state index contributed by atoms with van der Waals surface area (Å²) in [6.07, 6.45) is 1.70. The molecule has 1 aromatic heterocycles. The third kappa shape index (κ3) is 3.01. The van der Waals surface area contributed by atoms with Gasteiger partial charge in [-0.3, -0.25) is 4.79 Å². The first-order valence-corrected chi connectivity index (χ1v) is 7.43. The van der Waals surface area contributed by atoms with Crippen molar-refractivity contribution >= 4 is 22.6 Å². The van der Waals surface area contributed by atoms with Crippen molar-refractivity contribution in [3.63, 3.8) is 0 Å². The van der Waals surface area contributed by atoms with Crippen LogP contribution in [0.5, 0.6) is 0 Å². The van der Waals surface area contributed by atoms with Gasteiger partial charge in [0.15, 0.2) is 0 Å². The third-order valence-electron chi connectivity index (χ3n) is 3.70. The van der Waals surface area contributed by atoms with Gasteiger partial charge in [0.1, 0.15) is 6.54 Å². The number of nitrogens with zero attached hydrogens (tertiary/aromatic N) is 2. The molecular weight excluding hydrogens is 274 g/mol. The van der Waals surface area contributed by atoms with E-state index in [1.165, 1.54) is 5.56 Å². The molecular formula is C18H19N3O. The molecule has 0 aliphatic rings. The highest BCUT2D eigenvalue weighted by Gasteiger charge is 2.07. The second-order valence-corrected chi connectivity index (χ2v) is 5.69. The van der Waals surface area contributed by atoms with Crippen LogP contribution in [0.1, 0.15) is 25.3 Å². The summed E-state index contributed by atoms with van der Waals surface area (Å²) in [4.78, 5) is 16.5. The second-order valence-electron chi connectivity index (χ2n) is 5.69. The SMILES string of the molecule is CC(C)c1ccc(NC(=O)Cn2cnc3ccccc32)cc1. The van der Waals surface area contributed by atoms with Crippen molar-refractivity contribution < 1.29 is 4.79 Å². The molecule has 0 radical (unpaired) electrons. The minimum atomic E-state index is -0.0551. The van der Waals surface area contributed by atoms with Crippen molar-refractivity contribution in [2.45, 2.75) is 26.3 Å². The van der Waals surface area contributed by atoms with Gasteiger partial charge in [0.05, 0.1) is 17.4 Å². The first-order chi connectivity index (χ1) is 10.6. The smallest absolute Gasteiger partial charge is 0.244 e. The van der Waals surface area contributed by atoms with Gasteiger partial charge in [-0.1, -0.05) is 38.1 Å². The number of para-hydroxylation sites is 2. The molecule has 1 heterocycles. The van der Waals surface area contributed by atoms with Crippen molar-refractivity contribution in [3.05, 3.63) is 60.4 Å². The van der Waals surface area contributed by atoms with Crippen molar-refractivity contribution in [2.24, 2.45) is 0 Å². The highest BCUT2D eigenvalue weighted by atomic mass is 16.1. The molecule has 0 atom stereocenters. The first kappa shape index (κ1) is 14.3. The first-order valence-electron chi connectivity index (χ1n) is 7.43. The van der Waals surface area contributed by atoms with Gasteiger partial charge < -0.3 is 9.88 Å². The zero-order chi connectivity index (χ0) is 15.5. The minimum Gasteiger partial charge on any atom is -0.325 e. The Bertz CT molecular complexity index is 787. The number of imidazole rings is 1. The van der Waals surface area contributed by atoms with Gasteiger partial charge >= 0.3 is 0 Å². The number of benzene rings is 2. The fourth-order valence-corrected chi connectivity index (χ4v) is 2.44. The summed E-state index contributed by atoms with van der Waals surface area (Å²) < 4.78 is 1.85. The maximum atomic E-state index is 12.2. The van der Waals surface area contributed by atoms with Crippen molar-refractivity contribution in [1.29, 1.82) is 0 Å². The lowest BCUT2D eigenvalue weighted by atomic mass is 10.0. The Morgan fingerprint density at radius 1 is 1.14 bits per heavy atom. The molecule has 0 fully saturated rings. The average Bonchev–Trinajstić information content (AvgIpc) is 2.91. The molecule has 112 valence electrons. The maximum absolute atomic E-state index is 12.2. The molecule has 22 heavy (non-hydrogen) atoms. The molecule has 3 aromatic rings. The molecule has 0 spiro atoms. The zero-order valence-electron chi connectivity index (χ0n) is 12.8. The van der Waals surface area contributed by atoms with E-state index < -0.39 is 0 Å². The van der Waals surface area contributed by atoms with Gasteiger partial charge in [0.2, 0.25) is 5.91 Å². The molecule has 1 N–H and O–H groups in total. The molecule has 3 rings (SSSR count). The lowest BCUT2D eigenvalue weighted by Gasteiger charge is -2.09. The van der Waals surface area contributed by atoms with E-state index in [1.54, 1.807) is 6.33 Å². The van der Waals surface area contributed by atoms with Crippen LogP contribution in [0.15, 0.2) is 54.9 Å². The number of aromatic nitrogens is 2. The van der Waals surface area contributed by atoms with Crippen LogP contribution < -0.4 is 5.32 Å². The Labute approximate surface area is 129 Å². The van der Waals surface area contributed by atoms with Crippen molar-refractivity contribution in [1.82, 2.24) is 9.55 Å². The lowest BCUT2D eigenvalue weighted by molar-refractivity contribution is -0.116. The molecule has 2 aromatic carbocycles. The summed E-state index contributed by atoms with van der Waals surface area (Å²) in [5, 5.41) is 2.92. The predicted molar refractivity (Wildman–Crippen MR) is 88.9 cm³/mol. The van der Waals surface area contributed by atoms with Crippen LogP contribution in [-0.4, -0.2) is 15.5 Å². The fourth-order valence-electron chi connectivity index (χ4n) is 2.44. The summed E-state index contributed by atoms with van der Waals surface area (Å²) in [5.74, 6) is 0.433. The number of amides is 1. The van der Waals surface area contributed by atoms with Crippen molar-refractivity contribution in [2.75, 3.05) is 5.32 Å². The van der Waals surface area contributed by atoms with Crippen LogP contribution in [0.2, 0.25) is 0 Å². The van der Waals surface area contributed by atoms with Crippen LogP contribution in [0.25, 0.3) is 11.0 Å². The van der Waals surface area contributed by atoms with E-state index in [0.717, 1.165) is 16.7 Å². The largest absolute Gasteiger partial charge is 0.325 e. The maximum Gasteiger partial charge on any atom is 0.244 e. The highest BCUT2D eigenvalue weighted by Crippen LogP contribution is 2.17. The Morgan fingerprint density at radius 3 is 2.59 bits per heavy atom. The molecule has 4 nitrogen and oxygen atoms in total. The summed E-state index contributed by atoms with van der Waals surface area (Å²) in [5.41, 5.74) is 3.95. The minimum absolute atomic E-state index is 0.0551. The average molecular weight is 293 g/mol. The van der Waals surface area contributed by atoms with E-state index in [0.29, 0.717) is 5.92 Å². The van der Waals surface area contributed by atoms with Crippen molar-refractivity contribution in [3.8, 4) is 0 Å². The number of anilines is 1. The van der Waals surface area contributed by atoms with Gasteiger partial charge in [-0.15, -0.1) is 0 Å². The zero-order valence-corrected chi connectivity index (χ0v) is 12.8. The van der Waals surface area contributed by atoms with E-state index in [-0.39, 0.29) is 12.5 Å². The normalized spacial score (nSPS) is 11.0. The number of hydrogen-bond acceptors (Lipinski definition) is 2. The van der Waals surface area contributed by atoms with E-state index in [4.69, 9.17) is 0 Å². The standard InChI is InChI=1S/C18H19N3O/c1-13(2)14-7-9-15(10-8-14)20-18(22)11-21-12-19-16-5-3-4-6-17(16)21/h3-10,12-13H,11H2,1-2H3,(H,20,22). The third-order valence-corrected chi connectivity index (χ3v) is 3.70. The van der Waals surface area contributed by atoms with E-state index >= 15 is 0 Å². The lowest BCUT2D eigenvalue weighted by Crippen LogP contribution is -2.18.